The van der Waals surface area contributed by atoms with Crippen molar-refractivity contribution < 1.29 is 9.13 Å². The Bertz CT molecular complexity index is 446. The van der Waals surface area contributed by atoms with Crippen LogP contribution in [0.5, 0.6) is 5.88 Å². The molecule has 18 heavy (non-hydrogen) atoms. The molecule has 0 amide bonds. The monoisotopic (exact) mass is 253 g/mol. The number of aromatic nitrogens is 2. The molecule has 100 valence electrons. The van der Waals surface area contributed by atoms with E-state index >= 15 is 0 Å². The van der Waals surface area contributed by atoms with Gasteiger partial charge in [-0.1, -0.05) is 20.8 Å². The van der Waals surface area contributed by atoms with Gasteiger partial charge >= 0.3 is 0 Å². The highest BCUT2D eigenvalue weighted by atomic mass is 19.1. The van der Waals surface area contributed by atoms with E-state index in [0.717, 1.165) is 18.1 Å². The van der Waals surface area contributed by atoms with E-state index in [1.807, 2.05) is 10.7 Å². The molecule has 0 unspecified atom stereocenters. The van der Waals surface area contributed by atoms with E-state index in [9.17, 15) is 4.39 Å². The maximum atomic E-state index is 12.9. The average molecular weight is 253 g/mol. The standard InChI is InChI=1S/C13H20FN3O/c1-13(2,3)11-4-12-17(15-11)7-10(8-18-12)16-5-9(14)6-16/h4,9-10H,5-8H2,1-3H3/t10-/m1/s1. The zero-order chi connectivity index (χ0) is 12.9. The summed E-state index contributed by atoms with van der Waals surface area (Å²) in [7, 11) is 0. The Kier molecular flexibility index (Phi) is 2.62. The van der Waals surface area contributed by atoms with Gasteiger partial charge in [0.1, 0.15) is 12.8 Å². The molecule has 0 aliphatic carbocycles. The van der Waals surface area contributed by atoms with Crippen LogP contribution in [0.4, 0.5) is 4.39 Å². The molecule has 0 spiro atoms. The number of nitrogens with zero attached hydrogens (tertiary/aromatic N) is 3. The molecule has 3 rings (SSSR count). The number of rotatable bonds is 1. The fourth-order valence-electron chi connectivity index (χ4n) is 2.42. The average Bonchev–Trinajstić information content (AvgIpc) is 2.66. The van der Waals surface area contributed by atoms with Gasteiger partial charge in [-0.25, -0.2) is 9.07 Å². The van der Waals surface area contributed by atoms with Crippen LogP contribution in [0.2, 0.25) is 0 Å². The predicted octanol–water partition coefficient (Wildman–Crippen LogP) is 1.60. The van der Waals surface area contributed by atoms with Gasteiger partial charge in [0.15, 0.2) is 0 Å². The highest BCUT2D eigenvalue weighted by molar-refractivity contribution is 5.23. The Morgan fingerprint density at radius 1 is 1.33 bits per heavy atom. The summed E-state index contributed by atoms with van der Waals surface area (Å²) < 4.78 is 20.5. The molecule has 1 saturated heterocycles. The summed E-state index contributed by atoms with van der Waals surface area (Å²) >= 11 is 0. The summed E-state index contributed by atoms with van der Waals surface area (Å²) in [6.45, 7) is 8.94. The van der Waals surface area contributed by atoms with Crippen molar-refractivity contribution in [2.24, 2.45) is 0 Å². The lowest BCUT2D eigenvalue weighted by Gasteiger charge is -2.41. The number of hydrogen-bond acceptors (Lipinski definition) is 3. The summed E-state index contributed by atoms with van der Waals surface area (Å²) in [5.41, 5.74) is 1.08. The summed E-state index contributed by atoms with van der Waals surface area (Å²) in [6, 6.07) is 2.28. The number of hydrogen-bond donors (Lipinski definition) is 0. The molecule has 0 N–H and O–H groups in total. The molecule has 1 fully saturated rings. The Hall–Kier alpha value is -1.10. The van der Waals surface area contributed by atoms with E-state index in [2.05, 4.69) is 30.8 Å². The van der Waals surface area contributed by atoms with Crippen molar-refractivity contribution in [3.8, 4) is 5.88 Å². The first kappa shape index (κ1) is 12.0. The SMILES string of the molecule is CC(C)(C)c1cc2n(n1)C[C@@H](N1CC(F)C1)CO2. The van der Waals surface area contributed by atoms with Crippen molar-refractivity contribution in [2.75, 3.05) is 19.7 Å². The van der Waals surface area contributed by atoms with E-state index in [1.54, 1.807) is 0 Å². The Morgan fingerprint density at radius 3 is 2.67 bits per heavy atom. The molecule has 3 heterocycles. The van der Waals surface area contributed by atoms with Gasteiger partial charge in [-0.3, -0.25) is 4.90 Å². The zero-order valence-electron chi connectivity index (χ0n) is 11.2. The van der Waals surface area contributed by atoms with Crippen LogP contribution in [0.25, 0.3) is 0 Å². The number of likely N-dealkylation sites (tertiary alicyclic amines) is 1. The second-order valence-electron chi connectivity index (χ2n) is 6.32. The smallest absolute Gasteiger partial charge is 0.212 e. The van der Waals surface area contributed by atoms with Gasteiger partial charge in [0.2, 0.25) is 5.88 Å². The van der Waals surface area contributed by atoms with Gasteiger partial charge in [-0.15, -0.1) is 0 Å². The minimum Gasteiger partial charge on any atom is -0.476 e. The van der Waals surface area contributed by atoms with Crippen molar-refractivity contribution >= 4 is 0 Å². The topological polar surface area (TPSA) is 30.3 Å². The van der Waals surface area contributed by atoms with E-state index in [0.29, 0.717) is 19.7 Å². The normalized spacial score (nSPS) is 25.4. The number of halogens is 1. The molecule has 0 saturated carbocycles. The minimum atomic E-state index is -0.658. The Balaban J connectivity index is 1.74. The van der Waals surface area contributed by atoms with Crippen LogP contribution in [0.3, 0.4) is 0 Å². The molecule has 1 aromatic rings. The van der Waals surface area contributed by atoms with Gasteiger partial charge in [0.25, 0.3) is 0 Å². The molecular weight excluding hydrogens is 233 g/mol. The third-order valence-corrected chi connectivity index (χ3v) is 3.70. The van der Waals surface area contributed by atoms with Gasteiger partial charge < -0.3 is 4.74 Å². The lowest BCUT2D eigenvalue weighted by atomic mass is 9.93. The third kappa shape index (κ3) is 2.00. The maximum absolute atomic E-state index is 12.9. The minimum absolute atomic E-state index is 0.0317. The fourth-order valence-corrected chi connectivity index (χ4v) is 2.42. The van der Waals surface area contributed by atoms with Crippen molar-refractivity contribution in [1.82, 2.24) is 14.7 Å². The summed E-state index contributed by atoms with van der Waals surface area (Å²) in [4.78, 5) is 2.13. The highest BCUT2D eigenvalue weighted by Gasteiger charge is 2.35. The first-order valence-corrected chi connectivity index (χ1v) is 6.53. The molecule has 4 nitrogen and oxygen atoms in total. The van der Waals surface area contributed by atoms with E-state index in [1.165, 1.54) is 0 Å². The summed E-state index contributed by atoms with van der Waals surface area (Å²) in [6.07, 6.45) is -0.658. The van der Waals surface area contributed by atoms with Crippen LogP contribution in [0, 0.1) is 0 Å². The van der Waals surface area contributed by atoms with Crippen molar-refractivity contribution in [1.29, 1.82) is 0 Å². The van der Waals surface area contributed by atoms with Crippen LogP contribution >= 0.6 is 0 Å². The second-order valence-corrected chi connectivity index (χ2v) is 6.32. The lowest BCUT2D eigenvalue weighted by Crippen LogP contribution is -2.57. The molecular formula is C13H20FN3O. The summed E-state index contributed by atoms with van der Waals surface area (Å²) in [5, 5.41) is 4.60. The van der Waals surface area contributed by atoms with Crippen molar-refractivity contribution in [2.45, 2.75) is 44.9 Å². The Morgan fingerprint density at radius 2 is 2.06 bits per heavy atom. The lowest BCUT2D eigenvalue weighted by molar-refractivity contribution is -0.0107. The molecule has 1 atom stereocenters. The molecule has 0 aromatic carbocycles. The molecule has 2 aliphatic rings. The van der Waals surface area contributed by atoms with E-state index < -0.39 is 6.17 Å². The quantitative estimate of drug-likeness (QED) is 0.761. The first-order chi connectivity index (χ1) is 8.43. The van der Waals surface area contributed by atoms with E-state index in [-0.39, 0.29) is 11.5 Å². The van der Waals surface area contributed by atoms with Crippen LogP contribution < -0.4 is 4.74 Å². The van der Waals surface area contributed by atoms with Crippen LogP contribution in [0.1, 0.15) is 26.5 Å². The Labute approximate surface area is 107 Å². The molecule has 2 aliphatic heterocycles. The molecule has 5 heteroatoms. The van der Waals surface area contributed by atoms with Gasteiger partial charge in [-0.2, -0.15) is 5.10 Å². The van der Waals surface area contributed by atoms with Crippen molar-refractivity contribution in [3.63, 3.8) is 0 Å². The second kappa shape index (κ2) is 3.95. The molecule has 0 radical (unpaired) electrons. The predicted molar refractivity (Wildman–Crippen MR) is 66.7 cm³/mol. The number of ether oxygens (including phenoxy) is 1. The number of alkyl halides is 1. The van der Waals surface area contributed by atoms with Crippen LogP contribution in [-0.2, 0) is 12.0 Å². The fraction of sp³-hybridized carbons (Fsp3) is 0.769. The van der Waals surface area contributed by atoms with E-state index in [4.69, 9.17) is 4.74 Å². The molecule has 0 bridgehead atoms. The van der Waals surface area contributed by atoms with Gasteiger partial charge in [-0.05, 0) is 0 Å². The maximum Gasteiger partial charge on any atom is 0.212 e. The first-order valence-electron chi connectivity index (χ1n) is 6.53. The highest BCUT2D eigenvalue weighted by Crippen LogP contribution is 2.29. The van der Waals surface area contributed by atoms with Gasteiger partial charge in [0, 0.05) is 24.6 Å². The van der Waals surface area contributed by atoms with Crippen LogP contribution in [0.15, 0.2) is 6.07 Å². The summed E-state index contributed by atoms with van der Waals surface area (Å²) in [5.74, 6) is 0.841. The van der Waals surface area contributed by atoms with Crippen molar-refractivity contribution in [3.05, 3.63) is 11.8 Å². The van der Waals surface area contributed by atoms with Crippen LogP contribution in [-0.4, -0.2) is 46.6 Å². The largest absolute Gasteiger partial charge is 0.476 e. The number of fused-ring (bicyclic) bond motifs is 1. The molecule has 1 aromatic heterocycles. The van der Waals surface area contributed by atoms with Gasteiger partial charge in [0.05, 0.1) is 18.3 Å². The zero-order valence-corrected chi connectivity index (χ0v) is 11.2. The third-order valence-electron chi connectivity index (χ3n) is 3.70.